The third-order valence-electron chi connectivity index (χ3n) is 2.13. The van der Waals surface area contributed by atoms with Crippen molar-refractivity contribution in [3.05, 3.63) is 33.9 Å². The van der Waals surface area contributed by atoms with Gasteiger partial charge in [0.2, 0.25) is 0 Å². The van der Waals surface area contributed by atoms with Gasteiger partial charge in [-0.2, -0.15) is 0 Å². The molecule has 0 fully saturated rings. The Morgan fingerprint density at radius 1 is 1.47 bits per heavy atom. The number of ether oxygens (including phenoxy) is 1. The van der Waals surface area contributed by atoms with Crippen molar-refractivity contribution in [2.24, 2.45) is 0 Å². The molecule has 0 N–H and O–H groups in total. The molecule has 17 heavy (non-hydrogen) atoms. The molecule has 0 aliphatic heterocycles. The fourth-order valence-corrected chi connectivity index (χ4v) is 2.20. The van der Waals surface area contributed by atoms with Crippen LogP contribution in [0.1, 0.15) is 31.1 Å². The highest BCUT2D eigenvalue weighted by Crippen LogP contribution is 2.20. The number of carbonyl (C=O) groups excluding carboxylic acids is 1. The Hall–Kier alpha value is -1.11. The number of esters is 1. The average molecular weight is 344 g/mol. The van der Waals surface area contributed by atoms with Crippen LogP contribution < -0.4 is 0 Å². The van der Waals surface area contributed by atoms with Gasteiger partial charge < -0.3 is 9.14 Å². The predicted molar refractivity (Wildman–Crippen MR) is 73.1 cm³/mol. The maximum absolute atomic E-state index is 12.1. The first-order valence-corrected chi connectivity index (χ1v) is 6.31. The molecule has 0 saturated carbocycles. The molecule has 0 radical (unpaired) electrons. The van der Waals surface area contributed by atoms with Crippen molar-refractivity contribution in [2.45, 2.75) is 26.4 Å². The molecular formula is C12H13IN2O2. The molecule has 0 atom stereocenters. The summed E-state index contributed by atoms with van der Waals surface area (Å²) in [5, 5.41) is 0. The first-order chi connectivity index (χ1) is 7.88. The average Bonchev–Trinajstić information content (AvgIpc) is 2.58. The zero-order valence-electron chi connectivity index (χ0n) is 9.90. The van der Waals surface area contributed by atoms with Crippen LogP contribution in [0, 0.1) is 3.70 Å². The number of rotatable bonds is 1. The standard InChI is InChI=1S/C12H13IN2O2/c1-12(2,3)17-11(16)8-5-4-6-15-7-14-10(13)9(8)15/h4-7H,1-3H3. The van der Waals surface area contributed by atoms with Gasteiger partial charge in [-0.25, -0.2) is 9.78 Å². The number of hydrogen-bond donors (Lipinski definition) is 0. The second kappa shape index (κ2) is 4.29. The largest absolute Gasteiger partial charge is 0.456 e. The van der Waals surface area contributed by atoms with Gasteiger partial charge in [0.25, 0.3) is 0 Å². The Labute approximate surface area is 113 Å². The minimum absolute atomic E-state index is 0.318. The minimum Gasteiger partial charge on any atom is -0.456 e. The van der Waals surface area contributed by atoms with E-state index in [2.05, 4.69) is 27.6 Å². The van der Waals surface area contributed by atoms with Crippen molar-refractivity contribution in [3.63, 3.8) is 0 Å². The summed E-state index contributed by atoms with van der Waals surface area (Å²) in [5.74, 6) is -0.318. The third kappa shape index (κ3) is 2.59. The predicted octanol–water partition coefficient (Wildman–Crippen LogP) is 2.89. The molecule has 90 valence electrons. The van der Waals surface area contributed by atoms with Crippen molar-refractivity contribution >= 4 is 34.1 Å². The van der Waals surface area contributed by atoms with Crippen LogP contribution in [0.25, 0.3) is 5.52 Å². The van der Waals surface area contributed by atoms with Gasteiger partial charge in [-0.3, -0.25) is 0 Å². The SMILES string of the molecule is CC(C)(C)OC(=O)c1cccn2cnc(I)c12. The van der Waals surface area contributed by atoms with E-state index in [1.807, 2.05) is 37.4 Å². The van der Waals surface area contributed by atoms with E-state index in [9.17, 15) is 4.79 Å². The second-order valence-corrected chi connectivity index (χ2v) is 5.74. The first kappa shape index (κ1) is 12.3. The Kier molecular flexibility index (Phi) is 3.11. The molecule has 0 amide bonds. The van der Waals surface area contributed by atoms with Gasteiger partial charge in [0.15, 0.2) is 0 Å². The Morgan fingerprint density at radius 2 is 2.18 bits per heavy atom. The van der Waals surface area contributed by atoms with Gasteiger partial charge in [-0.15, -0.1) is 0 Å². The molecule has 0 spiro atoms. The van der Waals surface area contributed by atoms with E-state index in [4.69, 9.17) is 4.74 Å². The van der Waals surface area contributed by atoms with Crippen molar-refractivity contribution in [3.8, 4) is 0 Å². The number of aromatic nitrogens is 2. The number of fused-ring (bicyclic) bond motifs is 1. The number of pyridine rings is 1. The highest BCUT2D eigenvalue weighted by molar-refractivity contribution is 14.1. The molecule has 2 aromatic heterocycles. The van der Waals surface area contributed by atoms with Crippen LogP contribution in [0.3, 0.4) is 0 Å². The number of imidazole rings is 1. The van der Waals surface area contributed by atoms with Gasteiger partial charge in [0.1, 0.15) is 15.6 Å². The van der Waals surface area contributed by atoms with Crippen LogP contribution in [0.4, 0.5) is 0 Å². The molecule has 0 aliphatic rings. The quantitative estimate of drug-likeness (QED) is 0.590. The Morgan fingerprint density at radius 3 is 2.82 bits per heavy atom. The summed E-state index contributed by atoms with van der Waals surface area (Å²) < 4.78 is 7.99. The van der Waals surface area contributed by atoms with Gasteiger partial charge in [0.05, 0.1) is 11.1 Å². The summed E-state index contributed by atoms with van der Waals surface area (Å²) in [6, 6.07) is 3.57. The molecule has 4 nitrogen and oxygen atoms in total. The lowest BCUT2D eigenvalue weighted by molar-refractivity contribution is 0.00714. The molecule has 2 rings (SSSR count). The minimum atomic E-state index is -0.491. The molecule has 2 aromatic rings. The van der Waals surface area contributed by atoms with Crippen molar-refractivity contribution in [1.29, 1.82) is 0 Å². The van der Waals surface area contributed by atoms with Crippen LogP contribution in [0.2, 0.25) is 0 Å². The summed E-state index contributed by atoms with van der Waals surface area (Å²) in [5.41, 5.74) is 0.849. The number of nitrogens with zero attached hydrogens (tertiary/aromatic N) is 2. The summed E-state index contributed by atoms with van der Waals surface area (Å²) in [4.78, 5) is 16.2. The molecule has 0 bridgehead atoms. The van der Waals surface area contributed by atoms with E-state index in [1.54, 1.807) is 12.4 Å². The highest BCUT2D eigenvalue weighted by atomic mass is 127. The van der Waals surface area contributed by atoms with Crippen LogP contribution in [-0.4, -0.2) is 21.0 Å². The Bertz CT molecular complexity index is 569. The van der Waals surface area contributed by atoms with Crippen LogP contribution in [0.15, 0.2) is 24.7 Å². The summed E-state index contributed by atoms with van der Waals surface area (Å²) >= 11 is 2.11. The third-order valence-corrected chi connectivity index (χ3v) is 2.92. The molecular weight excluding hydrogens is 331 g/mol. The molecule has 0 saturated heterocycles. The zero-order chi connectivity index (χ0) is 12.6. The molecule has 0 aliphatic carbocycles. The first-order valence-electron chi connectivity index (χ1n) is 5.23. The number of halogens is 1. The smallest absolute Gasteiger partial charge is 0.340 e. The topological polar surface area (TPSA) is 43.6 Å². The van der Waals surface area contributed by atoms with Gasteiger partial charge >= 0.3 is 5.97 Å². The lowest BCUT2D eigenvalue weighted by atomic mass is 10.2. The van der Waals surface area contributed by atoms with Gasteiger partial charge in [0, 0.05) is 6.20 Å². The Balaban J connectivity index is 2.48. The monoisotopic (exact) mass is 344 g/mol. The van der Waals surface area contributed by atoms with E-state index in [-0.39, 0.29) is 5.97 Å². The van der Waals surface area contributed by atoms with Crippen LogP contribution in [0.5, 0.6) is 0 Å². The maximum Gasteiger partial charge on any atom is 0.340 e. The van der Waals surface area contributed by atoms with E-state index in [0.29, 0.717) is 5.56 Å². The van der Waals surface area contributed by atoms with Gasteiger partial charge in [-0.1, -0.05) is 0 Å². The zero-order valence-corrected chi connectivity index (χ0v) is 12.1. The van der Waals surface area contributed by atoms with Gasteiger partial charge in [-0.05, 0) is 55.5 Å². The maximum atomic E-state index is 12.1. The molecule has 2 heterocycles. The summed E-state index contributed by atoms with van der Waals surface area (Å²) in [7, 11) is 0. The van der Waals surface area contributed by atoms with E-state index >= 15 is 0 Å². The molecule has 5 heteroatoms. The van der Waals surface area contributed by atoms with Crippen LogP contribution >= 0.6 is 22.6 Å². The summed E-state index contributed by atoms with van der Waals surface area (Å²) in [6.07, 6.45) is 3.54. The van der Waals surface area contributed by atoms with Crippen molar-refractivity contribution in [2.75, 3.05) is 0 Å². The van der Waals surface area contributed by atoms with Crippen LogP contribution in [-0.2, 0) is 4.74 Å². The normalized spacial score (nSPS) is 11.8. The van der Waals surface area contributed by atoms with E-state index in [0.717, 1.165) is 9.22 Å². The lowest BCUT2D eigenvalue weighted by Crippen LogP contribution is -2.24. The van der Waals surface area contributed by atoms with E-state index < -0.39 is 5.60 Å². The second-order valence-electron chi connectivity index (χ2n) is 4.72. The molecule has 0 aromatic carbocycles. The lowest BCUT2D eigenvalue weighted by Gasteiger charge is -2.19. The number of hydrogen-bond acceptors (Lipinski definition) is 3. The van der Waals surface area contributed by atoms with Crippen molar-refractivity contribution < 1.29 is 9.53 Å². The highest BCUT2D eigenvalue weighted by Gasteiger charge is 2.21. The fourth-order valence-electron chi connectivity index (χ4n) is 1.51. The van der Waals surface area contributed by atoms with E-state index in [1.165, 1.54) is 0 Å². The fraction of sp³-hybridized carbons (Fsp3) is 0.333. The molecule has 0 unspecified atom stereocenters. The summed E-state index contributed by atoms with van der Waals surface area (Å²) in [6.45, 7) is 5.56. The van der Waals surface area contributed by atoms with Crippen molar-refractivity contribution in [1.82, 2.24) is 9.38 Å². The number of carbonyl (C=O) groups is 1.